The summed E-state index contributed by atoms with van der Waals surface area (Å²) in [5.41, 5.74) is -1.91. The van der Waals surface area contributed by atoms with E-state index in [2.05, 4.69) is 5.32 Å². The van der Waals surface area contributed by atoms with Crippen LogP contribution >= 0.6 is 11.8 Å². The standard InChI is InChI=1S/C35H53NO18S/c1-18(37)36-34(49-22(5)41)14-23(26(47-21(4)40)25(46-20(3)39)16-45-19(2)38)50-35(17-34,31(42)43-10)55-13-11-12-44-15-24-27-28(52-32(6,7)51-27)29-30(48-24)54-33(8,9)53-29/h23-30H,11-17H2,1-10H3,(H,36,37)/t23-,24-,25?,26?,27+,28+,29-,30-,34-,35+/m1/s1. The zero-order chi connectivity index (χ0) is 40.9. The number of hydrogen-bond acceptors (Lipinski definition) is 19. The summed E-state index contributed by atoms with van der Waals surface area (Å²) in [7, 11) is 1.12. The van der Waals surface area contributed by atoms with Gasteiger partial charge in [0.2, 0.25) is 10.8 Å². The Morgan fingerprint density at radius 1 is 0.800 bits per heavy atom. The molecule has 2 unspecified atom stereocenters. The maximum atomic E-state index is 13.7. The number of ether oxygens (including phenoxy) is 12. The molecule has 4 saturated heterocycles. The van der Waals surface area contributed by atoms with Gasteiger partial charge in [-0.15, -0.1) is 11.8 Å². The number of carbonyl (C=O) groups is 6. The second-order valence-electron chi connectivity index (χ2n) is 14.6. The van der Waals surface area contributed by atoms with Crippen molar-refractivity contribution in [3.63, 3.8) is 0 Å². The molecule has 10 atom stereocenters. The first kappa shape index (κ1) is 44.6. The maximum absolute atomic E-state index is 13.7. The molecule has 4 aliphatic heterocycles. The van der Waals surface area contributed by atoms with Gasteiger partial charge >= 0.3 is 29.8 Å². The monoisotopic (exact) mass is 807 g/mol. The first-order valence-electron chi connectivity index (χ1n) is 17.9. The van der Waals surface area contributed by atoms with Crippen LogP contribution in [0.4, 0.5) is 0 Å². The van der Waals surface area contributed by atoms with E-state index in [-0.39, 0.29) is 25.4 Å². The summed E-state index contributed by atoms with van der Waals surface area (Å²) in [6.45, 7) is 12.5. The Morgan fingerprint density at radius 2 is 1.44 bits per heavy atom. The van der Waals surface area contributed by atoms with E-state index in [1.807, 2.05) is 0 Å². The van der Waals surface area contributed by atoms with Crippen LogP contribution in [0, 0.1) is 0 Å². The van der Waals surface area contributed by atoms with Gasteiger partial charge in [-0.1, -0.05) is 0 Å². The fourth-order valence-electron chi connectivity index (χ4n) is 7.11. The molecule has 0 bridgehead atoms. The van der Waals surface area contributed by atoms with Crippen LogP contribution in [0.2, 0.25) is 0 Å². The number of methoxy groups -OCH3 is 1. The Bertz CT molecular complexity index is 1420. The second-order valence-corrected chi connectivity index (χ2v) is 15.9. The number of fused-ring (bicyclic) bond motifs is 3. The van der Waals surface area contributed by atoms with Crippen molar-refractivity contribution in [2.24, 2.45) is 0 Å². The van der Waals surface area contributed by atoms with E-state index < -0.39 is 120 Å². The Balaban J connectivity index is 1.55. The topological polar surface area (TPSA) is 225 Å². The number of carbonyl (C=O) groups excluding carboxylic acids is 6. The zero-order valence-corrected chi connectivity index (χ0v) is 33.6. The van der Waals surface area contributed by atoms with Crippen LogP contribution in [0.1, 0.15) is 81.6 Å². The average Bonchev–Trinajstić information content (AvgIpc) is 3.55. The number of nitrogens with one attached hydrogen (secondary N) is 1. The maximum Gasteiger partial charge on any atom is 0.349 e. The Labute approximate surface area is 323 Å². The summed E-state index contributed by atoms with van der Waals surface area (Å²) in [5, 5.41) is 2.62. The summed E-state index contributed by atoms with van der Waals surface area (Å²) in [4.78, 5) is 73.2. The van der Waals surface area contributed by atoms with Crippen LogP contribution in [0.3, 0.4) is 0 Å². The zero-order valence-electron chi connectivity index (χ0n) is 32.8. The lowest BCUT2D eigenvalue weighted by atomic mass is 9.89. The summed E-state index contributed by atoms with van der Waals surface area (Å²) in [5.74, 6) is -6.33. The SMILES string of the molecule is COC(=O)[C@@]1(SCCCOC[C@H]2O[C@@H]3OC(C)(C)O[C@@H]3[C@H]3OC(C)(C)O[C@H]32)C[C@](NC(C)=O)(OC(C)=O)C[C@H](C(OC(C)=O)C(COC(C)=O)OC(C)=O)O1. The number of rotatable bonds is 16. The molecule has 1 amide bonds. The first-order chi connectivity index (χ1) is 25.6. The van der Waals surface area contributed by atoms with Gasteiger partial charge in [-0.25, -0.2) is 4.79 Å². The third-order valence-corrected chi connectivity index (χ3v) is 10.1. The van der Waals surface area contributed by atoms with Crippen molar-refractivity contribution in [3.05, 3.63) is 0 Å². The Kier molecular flexibility index (Phi) is 14.6. The normalized spacial score (nSPS) is 32.8. The van der Waals surface area contributed by atoms with Gasteiger partial charge < -0.3 is 62.2 Å². The quantitative estimate of drug-likeness (QED) is 0.101. The molecule has 4 fully saturated rings. The molecule has 312 valence electrons. The van der Waals surface area contributed by atoms with E-state index >= 15 is 0 Å². The van der Waals surface area contributed by atoms with Crippen molar-refractivity contribution in [3.8, 4) is 0 Å². The number of esters is 5. The van der Waals surface area contributed by atoms with Crippen molar-refractivity contribution in [1.82, 2.24) is 5.32 Å². The molecule has 4 aliphatic rings. The van der Waals surface area contributed by atoms with E-state index in [0.717, 1.165) is 46.6 Å². The van der Waals surface area contributed by atoms with Crippen LogP contribution in [-0.2, 0) is 85.6 Å². The smallest absolute Gasteiger partial charge is 0.349 e. The highest BCUT2D eigenvalue weighted by Crippen LogP contribution is 2.47. The molecule has 4 rings (SSSR count). The number of thioether (sulfide) groups is 1. The van der Waals surface area contributed by atoms with E-state index in [1.165, 1.54) is 6.92 Å². The summed E-state index contributed by atoms with van der Waals surface area (Å²) in [6.07, 6.45) is -7.58. The summed E-state index contributed by atoms with van der Waals surface area (Å²) >= 11 is 0.966. The van der Waals surface area contributed by atoms with Crippen LogP contribution < -0.4 is 5.32 Å². The molecular formula is C35H53NO18S. The van der Waals surface area contributed by atoms with E-state index in [9.17, 15) is 28.8 Å². The van der Waals surface area contributed by atoms with Gasteiger partial charge in [0.1, 0.15) is 37.1 Å². The van der Waals surface area contributed by atoms with Gasteiger partial charge in [0.25, 0.3) is 0 Å². The van der Waals surface area contributed by atoms with E-state index in [1.54, 1.807) is 27.7 Å². The minimum absolute atomic E-state index is 0.112. The van der Waals surface area contributed by atoms with E-state index in [4.69, 9.17) is 56.8 Å². The van der Waals surface area contributed by atoms with Crippen molar-refractivity contribution in [2.45, 2.75) is 153 Å². The van der Waals surface area contributed by atoms with Crippen molar-refractivity contribution in [2.75, 3.05) is 32.7 Å². The fraction of sp³-hybridized carbons (Fsp3) is 0.829. The van der Waals surface area contributed by atoms with Gasteiger partial charge in [0.15, 0.2) is 35.8 Å². The first-order valence-corrected chi connectivity index (χ1v) is 18.9. The third-order valence-electron chi connectivity index (χ3n) is 8.73. The number of amides is 1. The van der Waals surface area contributed by atoms with Gasteiger partial charge in [0, 0.05) is 47.6 Å². The van der Waals surface area contributed by atoms with Gasteiger partial charge in [-0.3, -0.25) is 24.0 Å². The van der Waals surface area contributed by atoms with Crippen LogP contribution in [0.15, 0.2) is 0 Å². The molecule has 55 heavy (non-hydrogen) atoms. The molecule has 0 aromatic carbocycles. The molecule has 0 aromatic heterocycles. The predicted molar refractivity (Wildman–Crippen MR) is 185 cm³/mol. The molecule has 0 radical (unpaired) electrons. The Morgan fingerprint density at radius 3 is 2.04 bits per heavy atom. The molecular weight excluding hydrogens is 754 g/mol. The van der Waals surface area contributed by atoms with Crippen molar-refractivity contribution < 1.29 is 85.6 Å². The van der Waals surface area contributed by atoms with Gasteiger partial charge in [-0.05, 0) is 39.9 Å². The van der Waals surface area contributed by atoms with Gasteiger partial charge in [0.05, 0.1) is 20.1 Å². The predicted octanol–water partition coefficient (Wildman–Crippen LogP) is 1.39. The third kappa shape index (κ3) is 11.7. The minimum Gasteiger partial charge on any atom is -0.466 e. The lowest BCUT2D eigenvalue weighted by Crippen LogP contribution is -2.66. The van der Waals surface area contributed by atoms with Crippen LogP contribution in [0.25, 0.3) is 0 Å². The molecule has 0 aromatic rings. The van der Waals surface area contributed by atoms with E-state index in [0.29, 0.717) is 6.42 Å². The van der Waals surface area contributed by atoms with Gasteiger partial charge in [-0.2, -0.15) is 0 Å². The number of hydrogen-bond donors (Lipinski definition) is 1. The highest BCUT2D eigenvalue weighted by molar-refractivity contribution is 8.01. The lowest BCUT2D eigenvalue weighted by molar-refractivity contribution is -0.243. The molecule has 20 heteroatoms. The molecule has 0 spiro atoms. The van der Waals surface area contributed by atoms with Crippen LogP contribution in [0.5, 0.6) is 0 Å². The van der Waals surface area contributed by atoms with Crippen molar-refractivity contribution >= 4 is 47.5 Å². The van der Waals surface area contributed by atoms with Crippen molar-refractivity contribution in [1.29, 1.82) is 0 Å². The second kappa shape index (κ2) is 18.0. The summed E-state index contributed by atoms with van der Waals surface area (Å²) < 4.78 is 69.9. The molecule has 4 heterocycles. The molecule has 1 N–H and O–H groups in total. The highest BCUT2D eigenvalue weighted by atomic mass is 32.2. The highest BCUT2D eigenvalue weighted by Gasteiger charge is 2.62. The molecule has 19 nitrogen and oxygen atoms in total. The summed E-state index contributed by atoms with van der Waals surface area (Å²) in [6, 6.07) is 0. The average molecular weight is 808 g/mol. The largest absolute Gasteiger partial charge is 0.466 e. The minimum atomic E-state index is -2.00. The lowest BCUT2D eigenvalue weighted by Gasteiger charge is -2.49. The molecule has 0 saturated carbocycles. The fourth-order valence-corrected chi connectivity index (χ4v) is 8.43. The Hall–Kier alpha value is -3.11. The van der Waals surface area contributed by atoms with Crippen LogP contribution in [-0.4, -0.2) is 140 Å². The molecule has 0 aliphatic carbocycles.